The van der Waals surface area contributed by atoms with Crippen LogP contribution in [-0.4, -0.2) is 34.4 Å². The average Bonchev–Trinajstić information content (AvgIpc) is 2.49. The summed E-state index contributed by atoms with van der Waals surface area (Å²) in [6.07, 6.45) is -1.61. The van der Waals surface area contributed by atoms with Crippen LogP contribution in [0.15, 0.2) is 30.3 Å². The molecule has 7 heteroatoms. The molecule has 0 radical (unpaired) electrons. The highest BCUT2D eigenvalue weighted by Gasteiger charge is 2.23. The Morgan fingerprint density at radius 3 is 2.26 bits per heavy atom. The summed E-state index contributed by atoms with van der Waals surface area (Å²) in [6, 6.07) is 8.86. The molecule has 1 atom stereocenters. The van der Waals surface area contributed by atoms with Gasteiger partial charge in [-0.25, -0.2) is 0 Å². The van der Waals surface area contributed by atoms with Gasteiger partial charge in [0, 0.05) is 19.4 Å². The van der Waals surface area contributed by atoms with Gasteiger partial charge in [-0.1, -0.05) is 44.2 Å². The Hall–Kier alpha value is -1.63. The van der Waals surface area contributed by atoms with Gasteiger partial charge in [0.05, 0.1) is 0 Å². The van der Waals surface area contributed by atoms with Gasteiger partial charge >= 0.3 is 0 Å². The molecule has 0 heterocycles. The van der Waals surface area contributed by atoms with Crippen LogP contribution in [0.4, 0.5) is 0 Å². The first-order chi connectivity index (χ1) is 10.4. The Bertz CT molecular complexity index is 480. The van der Waals surface area contributed by atoms with Gasteiger partial charge in [0.15, 0.2) is 6.29 Å². The molecule has 1 aromatic rings. The minimum absolute atomic E-state index is 0. The highest BCUT2D eigenvalue weighted by atomic mass is 35.5. The molecule has 1 unspecified atom stereocenters. The van der Waals surface area contributed by atoms with Crippen molar-refractivity contribution in [2.24, 2.45) is 5.92 Å². The first kappa shape index (κ1) is 21.4. The molecule has 0 aliphatic carbocycles. The molecule has 0 aromatic heterocycles. The van der Waals surface area contributed by atoms with Crippen molar-refractivity contribution < 1.29 is 19.8 Å². The lowest BCUT2D eigenvalue weighted by Gasteiger charge is -2.22. The summed E-state index contributed by atoms with van der Waals surface area (Å²) >= 11 is 0. The molecular formula is C16H25ClN2O4. The van der Waals surface area contributed by atoms with Gasteiger partial charge in [0.2, 0.25) is 11.8 Å². The molecule has 1 rings (SSSR count). The van der Waals surface area contributed by atoms with Gasteiger partial charge in [-0.05, 0) is 11.5 Å². The third-order valence-corrected chi connectivity index (χ3v) is 3.20. The fourth-order valence-electron chi connectivity index (χ4n) is 1.94. The summed E-state index contributed by atoms with van der Waals surface area (Å²) < 4.78 is 0. The Labute approximate surface area is 142 Å². The Kier molecular flexibility index (Phi) is 10.2. The molecule has 6 nitrogen and oxygen atoms in total. The average molecular weight is 345 g/mol. The summed E-state index contributed by atoms with van der Waals surface area (Å²) in [7, 11) is 0. The van der Waals surface area contributed by atoms with Crippen molar-refractivity contribution in [2.75, 3.05) is 0 Å². The molecule has 0 aliphatic rings. The summed E-state index contributed by atoms with van der Waals surface area (Å²) in [5.74, 6) is -0.697. The topological polar surface area (TPSA) is 98.7 Å². The van der Waals surface area contributed by atoms with E-state index in [4.69, 9.17) is 10.2 Å². The van der Waals surface area contributed by atoms with Crippen LogP contribution in [0.2, 0.25) is 0 Å². The van der Waals surface area contributed by atoms with E-state index in [2.05, 4.69) is 10.6 Å². The van der Waals surface area contributed by atoms with Gasteiger partial charge in [-0.15, -0.1) is 12.4 Å². The minimum Gasteiger partial charge on any atom is -0.368 e. The smallest absolute Gasteiger partial charge is 0.243 e. The fraction of sp³-hybridized carbons (Fsp3) is 0.500. The first-order valence-electron chi connectivity index (χ1n) is 7.37. The molecule has 0 saturated carbocycles. The first-order valence-corrected chi connectivity index (χ1v) is 7.37. The molecule has 0 aliphatic heterocycles. The van der Waals surface area contributed by atoms with Crippen LogP contribution in [0.25, 0.3) is 0 Å². The standard InChI is InChI=1S/C16H24N2O4.ClH/c1-11(2)15(18-13(19)8-9-14(20)21)16(22)17-10-12-6-4-3-5-7-12;/h3-7,11,14-15,20-21H,8-10H2,1-2H3,(H,17,22)(H,18,19);1H. The van der Waals surface area contributed by atoms with Crippen LogP contribution in [0, 0.1) is 5.92 Å². The summed E-state index contributed by atoms with van der Waals surface area (Å²) in [4.78, 5) is 23.9. The maximum absolute atomic E-state index is 12.2. The number of amides is 2. The monoisotopic (exact) mass is 344 g/mol. The number of rotatable bonds is 8. The van der Waals surface area contributed by atoms with E-state index in [1.54, 1.807) is 0 Å². The highest BCUT2D eigenvalue weighted by molar-refractivity contribution is 5.87. The van der Waals surface area contributed by atoms with E-state index in [1.165, 1.54) is 0 Å². The molecule has 0 bridgehead atoms. The second-order valence-corrected chi connectivity index (χ2v) is 5.51. The van der Waals surface area contributed by atoms with Crippen LogP contribution >= 0.6 is 12.4 Å². The van der Waals surface area contributed by atoms with E-state index in [1.807, 2.05) is 44.2 Å². The fourth-order valence-corrected chi connectivity index (χ4v) is 1.94. The van der Waals surface area contributed by atoms with E-state index in [9.17, 15) is 9.59 Å². The normalized spacial score (nSPS) is 11.7. The van der Waals surface area contributed by atoms with Crippen molar-refractivity contribution in [3.05, 3.63) is 35.9 Å². The van der Waals surface area contributed by atoms with Gasteiger partial charge in [-0.3, -0.25) is 9.59 Å². The number of carbonyl (C=O) groups is 2. The number of nitrogens with one attached hydrogen (secondary N) is 2. The number of carbonyl (C=O) groups excluding carboxylic acids is 2. The Morgan fingerprint density at radius 2 is 1.74 bits per heavy atom. The predicted octanol–water partition coefficient (Wildman–Crippen LogP) is 0.956. The zero-order valence-corrected chi connectivity index (χ0v) is 14.2. The number of aliphatic hydroxyl groups excluding tert-OH is 1. The van der Waals surface area contributed by atoms with Crippen molar-refractivity contribution in [3.8, 4) is 0 Å². The Balaban J connectivity index is 0.00000484. The molecule has 4 N–H and O–H groups in total. The van der Waals surface area contributed by atoms with E-state index in [0.29, 0.717) is 6.54 Å². The SMILES string of the molecule is CC(C)C(NC(=O)CCC(O)O)C(=O)NCc1ccccc1.Cl. The van der Waals surface area contributed by atoms with Crippen molar-refractivity contribution in [3.63, 3.8) is 0 Å². The van der Waals surface area contributed by atoms with E-state index < -0.39 is 12.3 Å². The van der Waals surface area contributed by atoms with Gasteiger partial charge in [0.1, 0.15) is 6.04 Å². The predicted molar refractivity (Wildman–Crippen MR) is 89.8 cm³/mol. The van der Waals surface area contributed by atoms with Crippen LogP contribution in [0.3, 0.4) is 0 Å². The number of aliphatic hydroxyl groups is 2. The lowest BCUT2D eigenvalue weighted by Crippen LogP contribution is -2.49. The molecule has 0 spiro atoms. The largest absolute Gasteiger partial charge is 0.368 e. The Morgan fingerprint density at radius 1 is 1.13 bits per heavy atom. The lowest BCUT2D eigenvalue weighted by atomic mass is 10.0. The van der Waals surface area contributed by atoms with Gasteiger partial charge < -0.3 is 20.8 Å². The van der Waals surface area contributed by atoms with Crippen molar-refractivity contribution in [2.45, 2.75) is 45.6 Å². The van der Waals surface area contributed by atoms with Crippen LogP contribution in [0.1, 0.15) is 32.3 Å². The second-order valence-electron chi connectivity index (χ2n) is 5.51. The highest BCUT2D eigenvalue weighted by Crippen LogP contribution is 2.05. The number of hydrogen-bond acceptors (Lipinski definition) is 4. The maximum atomic E-state index is 12.2. The third kappa shape index (κ3) is 8.54. The quantitative estimate of drug-likeness (QED) is 0.528. The molecule has 2 amide bonds. The van der Waals surface area contributed by atoms with E-state index >= 15 is 0 Å². The van der Waals surface area contributed by atoms with Crippen molar-refractivity contribution >= 4 is 24.2 Å². The third-order valence-electron chi connectivity index (χ3n) is 3.20. The van der Waals surface area contributed by atoms with Crippen LogP contribution in [0.5, 0.6) is 0 Å². The van der Waals surface area contributed by atoms with Gasteiger partial charge in [0.25, 0.3) is 0 Å². The zero-order valence-electron chi connectivity index (χ0n) is 13.4. The van der Waals surface area contributed by atoms with Crippen LogP contribution < -0.4 is 10.6 Å². The zero-order chi connectivity index (χ0) is 16.5. The molecule has 0 saturated heterocycles. The summed E-state index contributed by atoms with van der Waals surface area (Å²) in [5, 5.41) is 23.0. The van der Waals surface area contributed by atoms with Crippen LogP contribution in [-0.2, 0) is 16.1 Å². The molecule has 1 aromatic carbocycles. The molecule has 0 fully saturated rings. The van der Waals surface area contributed by atoms with E-state index in [-0.39, 0.29) is 43.0 Å². The maximum Gasteiger partial charge on any atom is 0.243 e. The second kappa shape index (κ2) is 11.0. The van der Waals surface area contributed by atoms with Gasteiger partial charge in [-0.2, -0.15) is 0 Å². The molecule has 130 valence electrons. The number of benzene rings is 1. The van der Waals surface area contributed by atoms with Crippen molar-refractivity contribution in [1.29, 1.82) is 0 Å². The molecule has 23 heavy (non-hydrogen) atoms. The number of hydrogen-bond donors (Lipinski definition) is 4. The minimum atomic E-state index is -1.52. The lowest BCUT2D eigenvalue weighted by molar-refractivity contribution is -0.131. The molecular weight excluding hydrogens is 320 g/mol. The summed E-state index contributed by atoms with van der Waals surface area (Å²) in [5.41, 5.74) is 0.980. The van der Waals surface area contributed by atoms with E-state index in [0.717, 1.165) is 5.56 Å². The number of halogens is 1. The van der Waals surface area contributed by atoms with Crippen molar-refractivity contribution in [1.82, 2.24) is 10.6 Å². The summed E-state index contributed by atoms with van der Waals surface area (Å²) in [6.45, 7) is 4.08.